The van der Waals surface area contributed by atoms with Crippen LogP contribution in [0.4, 0.5) is 4.79 Å². The van der Waals surface area contributed by atoms with Gasteiger partial charge in [-0.15, -0.1) is 0 Å². The first kappa shape index (κ1) is 21.0. The van der Waals surface area contributed by atoms with E-state index < -0.39 is 0 Å². The molecule has 5 rings (SSSR count). The zero-order valence-corrected chi connectivity index (χ0v) is 18.9. The maximum absolute atomic E-state index is 12.7. The highest BCUT2D eigenvalue weighted by Crippen LogP contribution is 2.40. The number of likely N-dealkylation sites (tertiary alicyclic amines) is 1. The van der Waals surface area contributed by atoms with Crippen LogP contribution < -0.4 is 4.74 Å². The third kappa shape index (κ3) is 4.52. The number of carbonyl (C=O) groups is 1. The van der Waals surface area contributed by atoms with Crippen molar-refractivity contribution in [3.8, 4) is 11.5 Å². The summed E-state index contributed by atoms with van der Waals surface area (Å²) in [6, 6.07) is 18.6. The summed E-state index contributed by atoms with van der Waals surface area (Å²) >= 11 is 5.91. The fourth-order valence-electron chi connectivity index (χ4n) is 5.08. The topological polar surface area (TPSA) is 50.6 Å². The van der Waals surface area contributed by atoms with Gasteiger partial charge in [0.15, 0.2) is 0 Å². The molecule has 2 aliphatic rings. The average molecular weight is 451 g/mol. The second-order valence-electron chi connectivity index (χ2n) is 8.91. The van der Waals surface area contributed by atoms with Gasteiger partial charge in [0.2, 0.25) is 0 Å². The number of hydrogen-bond acceptors (Lipinski definition) is 4. The zero-order valence-electron chi connectivity index (χ0n) is 18.1. The Kier molecular flexibility index (Phi) is 5.89. The molecule has 7 heteroatoms. The van der Waals surface area contributed by atoms with E-state index in [9.17, 15) is 4.79 Å². The van der Waals surface area contributed by atoms with Crippen LogP contribution in [0.15, 0.2) is 67.0 Å². The van der Waals surface area contributed by atoms with Gasteiger partial charge in [-0.1, -0.05) is 41.9 Å². The van der Waals surface area contributed by atoms with E-state index in [1.54, 1.807) is 6.20 Å². The second-order valence-corrected chi connectivity index (χ2v) is 9.35. The van der Waals surface area contributed by atoms with Crippen LogP contribution >= 0.6 is 11.6 Å². The third-order valence-electron chi connectivity index (χ3n) is 6.68. The van der Waals surface area contributed by atoms with Crippen molar-refractivity contribution in [1.29, 1.82) is 0 Å². The minimum atomic E-state index is -0.0774. The van der Waals surface area contributed by atoms with E-state index in [1.165, 1.54) is 16.4 Å². The number of fused-ring (bicyclic) bond motifs is 1. The summed E-state index contributed by atoms with van der Waals surface area (Å²) in [6.07, 6.45) is 5.31. The van der Waals surface area contributed by atoms with Crippen LogP contribution in [0.2, 0.25) is 5.02 Å². The Morgan fingerprint density at radius 1 is 1.09 bits per heavy atom. The molecule has 1 unspecified atom stereocenters. The van der Waals surface area contributed by atoms with Gasteiger partial charge in [0.25, 0.3) is 0 Å². The van der Waals surface area contributed by atoms with Crippen molar-refractivity contribution >= 4 is 17.6 Å². The average Bonchev–Trinajstić information content (AvgIpc) is 3.49. The lowest BCUT2D eigenvalue weighted by atomic mass is 10.0. The highest BCUT2D eigenvalue weighted by Gasteiger charge is 2.43. The number of amides is 1. The molecule has 0 radical (unpaired) electrons. The van der Waals surface area contributed by atoms with E-state index in [4.69, 9.17) is 16.3 Å². The first-order valence-electron chi connectivity index (χ1n) is 11.1. The van der Waals surface area contributed by atoms with Crippen LogP contribution in [0.25, 0.3) is 0 Å². The molecule has 166 valence electrons. The van der Waals surface area contributed by atoms with Gasteiger partial charge in [0.05, 0.1) is 17.4 Å². The first-order chi connectivity index (χ1) is 15.5. The number of benzene rings is 2. The van der Waals surface area contributed by atoms with Gasteiger partial charge in [0.1, 0.15) is 11.5 Å². The van der Waals surface area contributed by atoms with E-state index in [0.29, 0.717) is 22.9 Å². The second kappa shape index (κ2) is 8.96. The standard InChI is InChI=1S/C25H27ClN4O2/c1-28(14-18-6-5-9-24(10-18)32-23-7-3-2-4-8-23)22-11-19-15-29(16-20(19)12-22)25(31)30-17-21(26)13-27-30/h2-10,13,17,19-20,22H,11-12,14-16H2,1H3/t19-,20+,22?. The maximum Gasteiger partial charge on any atom is 0.344 e. The molecule has 0 N–H and O–H groups in total. The Labute approximate surface area is 193 Å². The number of carbonyl (C=O) groups excluding carboxylic acids is 1. The summed E-state index contributed by atoms with van der Waals surface area (Å²) in [5.74, 6) is 2.80. The minimum absolute atomic E-state index is 0.0774. The highest BCUT2D eigenvalue weighted by molar-refractivity contribution is 6.30. The first-order valence-corrected chi connectivity index (χ1v) is 11.4. The lowest BCUT2D eigenvalue weighted by molar-refractivity contribution is 0.192. The molecule has 0 spiro atoms. The number of para-hydroxylation sites is 1. The third-order valence-corrected chi connectivity index (χ3v) is 6.87. The van der Waals surface area contributed by atoms with Crippen LogP contribution in [-0.4, -0.2) is 51.8 Å². The molecule has 1 aliphatic heterocycles. The summed E-state index contributed by atoms with van der Waals surface area (Å²) < 4.78 is 7.33. The van der Waals surface area contributed by atoms with E-state index in [0.717, 1.165) is 44.0 Å². The quantitative estimate of drug-likeness (QED) is 0.540. The van der Waals surface area contributed by atoms with Crippen LogP contribution in [0.3, 0.4) is 0 Å². The lowest BCUT2D eigenvalue weighted by Crippen LogP contribution is -2.36. The molecular formula is C25H27ClN4O2. The summed E-state index contributed by atoms with van der Waals surface area (Å²) in [4.78, 5) is 17.0. The fourth-order valence-corrected chi connectivity index (χ4v) is 5.22. The lowest BCUT2D eigenvalue weighted by Gasteiger charge is -2.26. The van der Waals surface area contributed by atoms with Gasteiger partial charge in [-0.05, 0) is 61.6 Å². The molecule has 6 nitrogen and oxygen atoms in total. The van der Waals surface area contributed by atoms with Crippen molar-refractivity contribution in [2.24, 2.45) is 11.8 Å². The molecule has 1 aliphatic carbocycles. The number of halogens is 1. The van der Waals surface area contributed by atoms with Crippen LogP contribution in [0.5, 0.6) is 11.5 Å². The van der Waals surface area contributed by atoms with Crippen molar-refractivity contribution in [1.82, 2.24) is 19.6 Å². The van der Waals surface area contributed by atoms with Gasteiger partial charge in [-0.25, -0.2) is 4.79 Å². The molecule has 1 saturated carbocycles. The molecule has 32 heavy (non-hydrogen) atoms. The van der Waals surface area contributed by atoms with Crippen molar-refractivity contribution < 1.29 is 9.53 Å². The SMILES string of the molecule is CN(Cc1cccc(Oc2ccccc2)c1)C1C[C@@H]2CN(C(=O)n3cc(Cl)cn3)C[C@@H]2C1. The monoisotopic (exact) mass is 450 g/mol. The van der Waals surface area contributed by atoms with Crippen molar-refractivity contribution in [2.45, 2.75) is 25.4 Å². The Hall–Kier alpha value is -2.83. The summed E-state index contributed by atoms with van der Waals surface area (Å²) in [6.45, 7) is 2.47. The predicted octanol–water partition coefficient (Wildman–Crippen LogP) is 5.14. The molecular weight excluding hydrogens is 424 g/mol. The number of nitrogens with zero attached hydrogens (tertiary/aromatic N) is 4. The van der Waals surface area contributed by atoms with Gasteiger partial charge < -0.3 is 9.64 Å². The molecule has 2 heterocycles. The minimum Gasteiger partial charge on any atom is -0.457 e. The molecule has 0 bridgehead atoms. The predicted molar refractivity (Wildman–Crippen MR) is 124 cm³/mol. The van der Waals surface area contributed by atoms with Crippen molar-refractivity contribution in [3.63, 3.8) is 0 Å². The number of hydrogen-bond donors (Lipinski definition) is 0. The van der Waals surface area contributed by atoms with Crippen LogP contribution in [0.1, 0.15) is 18.4 Å². The Balaban J connectivity index is 1.16. The number of ether oxygens (including phenoxy) is 1. The Bertz CT molecular complexity index is 1070. The number of aromatic nitrogens is 2. The van der Waals surface area contributed by atoms with Crippen molar-refractivity contribution in [3.05, 3.63) is 77.6 Å². The maximum atomic E-state index is 12.7. The normalized spacial score (nSPS) is 22.3. The van der Waals surface area contributed by atoms with Gasteiger partial charge in [-0.3, -0.25) is 4.90 Å². The van der Waals surface area contributed by atoms with Gasteiger partial charge in [-0.2, -0.15) is 9.78 Å². The summed E-state index contributed by atoms with van der Waals surface area (Å²) in [5.41, 5.74) is 1.24. The highest BCUT2D eigenvalue weighted by atomic mass is 35.5. The summed E-state index contributed by atoms with van der Waals surface area (Å²) in [5, 5.41) is 4.54. The van der Waals surface area contributed by atoms with Crippen LogP contribution in [-0.2, 0) is 6.54 Å². The van der Waals surface area contributed by atoms with Crippen molar-refractivity contribution in [2.75, 3.05) is 20.1 Å². The van der Waals surface area contributed by atoms with E-state index in [-0.39, 0.29) is 6.03 Å². The molecule has 3 atom stereocenters. The van der Waals surface area contributed by atoms with Gasteiger partial charge in [0, 0.05) is 25.7 Å². The molecule has 1 amide bonds. The van der Waals surface area contributed by atoms with E-state index in [2.05, 4.69) is 35.2 Å². The van der Waals surface area contributed by atoms with Crippen LogP contribution in [0, 0.1) is 11.8 Å². The summed E-state index contributed by atoms with van der Waals surface area (Å²) in [7, 11) is 2.20. The fraction of sp³-hybridized carbons (Fsp3) is 0.360. The Morgan fingerprint density at radius 3 is 2.50 bits per heavy atom. The smallest absolute Gasteiger partial charge is 0.344 e. The molecule has 1 aromatic heterocycles. The molecule has 3 aromatic rings. The zero-order chi connectivity index (χ0) is 22.1. The Morgan fingerprint density at radius 2 is 1.81 bits per heavy atom. The molecule has 2 fully saturated rings. The number of rotatable bonds is 5. The van der Waals surface area contributed by atoms with E-state index in [1.807, 2.05) is 41.3 Å². The largest absolute Gasteiger partial charge is 0.457 e. The van der Waals surface area contributed by atoms with E-state index >= 15 is 0 Å². The van der Waals surface area contributed by atoms with Gasteiger partial charge >= 0.3 is 6.03 Å². The molecule has 1 saturated heterocycles. The molecule has 2 aromatic carbocycles.